The normalized spacial score (nSPS) is 30.1. The molecule has 0 aromatic heterocycles. The predicted molar refractivity (Wildman–Crippen MR) is 72.1 cm³/mol. The number of hydrogen-bond acceptors (Lipinski definition) is 4. The molecule has 110 valence electrons. The predicted octanol–water partition coefficient (Wildman–Crippen LogP) is -0.220. The Bertz CT molecular complexity index is 398. The van der Waals surface area contributed by atoms with Gasteiger partial charge in [-0.25, -0.2) is 0 Å². The summed E-state index contributed by atoms with van der Waals surface area (Å²) in [5.41, 5.74) is 0. The van der Waals surface area contributed by atoms with Gasteiger partial charge in [-0.3, -0.25) is 0 Å². The molecule has 1 atom stereocenters. The van der Waals surface area contributed by atoms with Crippen LogP contribution in [0.5, 0.6) is 0 Å². The minimum Gasteiger partial charge on any atom is -0.379 e. The van der Waals surface area contributed by atoms with Gasteiger partial charge in [0.25, 0.3) is 10.2 Å². The van der Waals surface area contributed by atoms with Gasteiger partial charge in [-0.15, -0.1) is 0 Å². The van der Waals surface area contributed by atoms with Gasteiger partial charge in [-0.1, -0.05) is 0 Å². The Morgan fingerprint density at radius 1 is 1.21 bits per heavy atom. The van der Waals surface area contributed by atoms with E-state index in [1.807, 2.05) is 0 Å². The van der Waals surface area contributed by atoms with Crippen molar-refractivity contribution < 1.29 is 13.2 Å². The smallest absolute Gasteiger partial charge is 0.282 e. The van der Waals surface area contributed by atoms with Crippen molar-refractivity contribution in [2.45, 2.75) is 37.8 Å². The van der Waals surface area contributed by atoms with Gasteiger partial charge in [0.2, 0.25) is 0 Å². The summed E-state index contributed by atoms with van der Waals surface area (Å²) in [7, 11) is -3.30. The van der Waals surface area contributed by atoms with E-state index in [0.29, 0.717) is 38.9 Å². The first-order valence-electron chi connectivity index (χ1n) is 7.26. The second-order valence-electron chi connectivity index (χ2n) is 5.61. The summed E-state index contributed by atoms with van der Waals surface area (Å²) in [6.07, 6.45) is 4.26. The summed E-state index contributed by atoms with van der Waals surface area (Å²) in [5.74, 6) is 0. The highest BCUT2D eigenvalue weighted by Gasteiger charge is 2.41. The topological polar surface area (TPSA) is 61.9 Å². The Hall–Kier alpha value is -0.210. The van der Waals surface area contributed by atoms with Crippen LogP contribution >= 0.6 is 0 Å². The Balaban J connectivity index is 1.70. The lowest BCUT2D eigenvalue weighted by atomic mass is 10.2. The lowest BCUT2D eigenvalue weighted by Gasteiger charge is -2.33. The van der Waals surface area contributed by atoms with E-state index in [9.17, 15) is 8.42 Å². The second-order valence-corrected chi connectivity index (χ2v) is 7.49. The van der Waals surface area contributed by atoms with Crippen LogP contribution in [0.2, 0.25) is 0 Å². The van der Waals surface area contributed by atoms with E-state index in [1.165, 1.54) is 0 Å². The molecule has 0 amide bonds. The van der Waals surface area contributed by atoms with Gasteiger partial charge < -0.3 is 10.1 Å². The van der Waals surface area contributed by atoms with Crippen molar-refractivity contribution in [3.05, 3.63) is 0 Å². The maximum Gasteiger partial charge on any atom is 0.282 e. The molecule has 6 nitrogen and oxygen atoms in total. The van der Waals surface area contributed by atoms with Gasteiger partial charge >= 0.3 is 0 Å². The standard InChI is InChI=1S/C12H23N3O3S/c16-19(17,14-6-8-18-9-7-14)15(12-3-4-12)10-11-2-1-5-13-11/h11-13H,1-10H2. The van der Waals surface area contributed by atoms with Crippen molar-refractivity contribution in [3.63, 3.8) is 0 Å². The largest absolute Gasteiger partial charge is 0.379 e. The molecule has 0 aromatic rings. The molecule has 19 heavy (non-hydrogen) atoms. The SMILES string of the molecule is O=S(=O)(N1CCOCC1)N(CC1CCCN1)C1CC1. The summed E-state index contributed by atoms with van der Waals surface area (Å²) in [6.45, 7) is 3.65. The molecule has 2 heterocycles. The number of nitrogens with zero attached hydrogens (tertiary/aromatic N) is 2. The van der Waals surface area contributed by atoms with E-state index < -0.39 is 10.2 Å². The third kappa shape index (κ3) is 3.11. The Labute approximate surface area is 115 Å². The van der Waals surface area contributed by atoms with E-state index >= 15 is 0 Å². The van der Waals surface area contributed by atoms with E-state index in [-0.39, 0.29) is 6.04 Å². The summed E-state index contributed by atoms with van der Waals surface area (Å²) in [6, 6.07) is 0.562. The molecule has 3 fully saturated rings. The first-order chi connectivity index (χ1) is 9.18. The lowest BCUT2D eigenvalue weighted by Crippen LogP contribution is -2.52. The molecular formula is C12H23N3O3S. The van der Waals surface area contributed by atoms with Crippen molar-refractivity contribution in [1.82, 2.24) is 13.9 Å². The van der Waals surface area contributed by atoms with Gasteiger partial charge in [-0.2, -0.15) is 17.0 Å². The number of ether oxygens (including phenoxy) is 1. The maximum absolute atomic E-state index is 12.7. The number of rotatable bonds is 5. The third-order valence-corrected chi connectivity index (χ3v) is 6.17. The molecule has 1 unspecified atom stereocenters. The van der Waals surface area contributed by atoms with Crippen LogP contribution in [0.4, 0.5) is 0 Å². The molecule has 3 rings (SSSR count). The van der Waals surface area contributed by atoms with Crippen LogP contribution in [0.25, 0.3) is 0 Å². The van der Waals surface area contributed by atoms with E-state index in [1.54, 1.807) is 8.61 Å². The summed E-state index contributed by atoms with van der Waals surface area (Å²) >= 11 is 0. The molecule has 0 aromatic carbocycles. The third-order valence-electron chi connectivity index (χ3n) is 4.11. The highest BCUT2D eigenvalue weighted by Crippen LogP contribution is 2.31. The van der Waals surface area contributed by atoms with Gasteiger partial charge in [0.05, 0.1) is 13.2 Å². The molecule has 3 aliphatic rings. The fourth-order valence-corrected chi connectivity index (χ4v) is 4.71. The number of nitrogens with one attached hydrogen (secondary N) is 1. The first-order valence-corrected chi connectivity index (χ1v) is 8.65. The molecule has 0 radical (unpaired) electrons. The molecule has 1 aliphatic carbocycles. The first kappa shape index (κ1) is 13.8. The van der Waals surface area contributed by atoms with Crippen molar-refractivity contribution >= 4 is 10.2 Å². The van der Waals surface area contributed by atoms with Gasteiger partial charge in [0, 0.05) is 31.7 Å². The Kier molecular flexibility index (Phi) is 4.09. The highest BCUT2D eigenvalue weighted by atomic mass is 32.2. The van der Waals surface area contributed by atoms with Gasteiger partial charge in [0.15, 0.2) is 0 Å². The van der Waals surface area contributed by atoms with Crippen LogP contribution in [0.1, 0.15) is 25.7 Å². The minimum absolute atomic E-state index is 0.232. The van der Waals surface area contributed by atoms with Gasteiger partial charge in [-0.05, 0) is 32.2 Å². The van der Waals surface area contributed by atoms with Crippen molar-refractivity contribution in [2.75, 3.05) is 39.4 Å². The Morgan fingerprint density at radius 2 is 1.95 bits per heavy atom. The average Bonchev–Trinajstić information content (AvgIpc) is 3.13. The van der Waals surface area contributed by atoms with Crippen LogP contribution in [0.15, 0.2) is 0 Å². The van der Waals surface area contributed by atoms with E-state index in [0.717, 1.165) is 32.2 Å². The average molecular weight is 289 g/mol. The maximum atomic E-state index is 12.7. The van der Waals surface area contributed by atoms with Crippen molar-refractivity contribution in [1.29, 1.82) is 0 Å². The number of hydrogen-bond donors (Lipinski definition) is 1. The minimum atomic E-state index is -3.30. The molecule has 0 bridgehead atoms. The van der Waals surface area contributed by atoms with Crippen LogP contribution in [0.3, 0.4) is 0 Å². The summed E-state index contributed by atoms with van der Waals surface area (Å²) in [4.78, 5) is 0. The van der Waals surface area contributed by atoms with Crippen LogP contribution in [0, 0.1) is 0 Å². The lowest BCUT2D eigenvalue weighted by molar-refractivity contribution is 0.0698. The molecule has 7 heteroatoms. The number of morpholine rings is 1. The molecule has 2 saturated heterocycles. The van der Waals surface area contributed by atoms with Crippen LogP contribution in [-0.4, -0.2) is 68.5 Å². The van der Waals surface area contributed by atoms with E-state index in [2.05, 4.69) is 5.32 Å². The molecule has 1 N–H and O–H groups in total. The summed E-state index contributed by atoms with van der Waals surface area (Å²) in [5, 5.41) is 3.40. The fraction of sp³-hybridized carbons (Fsp3) is 1.00. The quantitative estimate of drug-likeness (QED) is 0.760. The molecular weight excluding hydrogens is 266 g/mol. The Morgan fingerprint density at radius 3 is 2.53 bits per heavy atom. The summed E-state index contributed by atoms with van der Waals surface area (Å²) < 4.78 is 34.0. The van der Waals surface area contributed by atoms with Gasteiger partial charge in [0.1, 0.15) is 0 Å². The monoisotopic (exact) mass is 289 g/mol. The fourth-order valence-electron chi connectivity index (χ4n) is 2.85. The zero-order valence-corrected chi connectivity index (χ0v) is 12.1. The molecule has 1 saturated carbocycles. The highest BCUT2D eigenvalue weighted by molar-refractivity contribution is 7.86. The molecule has 2 aliphatic heterocycles. The molecule has 0 spiro atoms. The second kappa shape index (κ2) is 5.65. The van der Waals surface area contributed by atoms with Crippen LogP contribution in [-0.2, 0) is 14.9 Å². The zero-order valence-electron chi connectivity index (χ0n) is 11.3. The zero-order chi connectivity index (χ0) is 13.3. The van der Waals surface area contributed by atoms with Crippen molar-refractivity contribution in [2.24, 2.45) is 0 Å². The van der Waals surface area contributed by atoms with E-state index in [4.69, 9.17) is 4.74 Å². The van der Waals surface area contributed by atoms with Crippen molar-refractivity contribution in [3.8, 4) is 0 Å². The van der Waals surface area contributed by atoms with Crippen LogP contribution < -0.4 is 5.32 Å².